The van der Waals surface area contributed by atoms with Crippen molar-refractivity contribution in [2.24, 2.45) is 29.1 Å². The molecule has 2 N–H and O–H groups in total. The summed E-state index contributed by atoms with van der Waals surface area (Å²) in [6, 6.07) is 6.03. The molecule has 0 aromatic heterocycles. The summed E-state index contributed by atoms with van der Waals surface area (Å²) in [5.41, 5.74) is 3.19. The van der Waals surface area contributed by atoms with E-state index in [4.69, 9.17) is 0 Å². The quantitative estimate of drug-likeness (QED) is 0.801. The normalized spacial score (nSPS) is 45.2. The maximum absolute atomic E-state index is 10.4. The number of phenols is 1. The van der Waals surface area contributed by atoms with Gasteiger partial charge in [0.15, 0.2) is 0 Å². The molecule has 2 heteroatoms. The Morgan fingerprint density at radius 2 is 1.96 bits per heavy atom. The van der Waals surface area contributed by atoms with Gasteiger partial charge in [-0.15, -0.1) is 0 Å². The fourth-order valence-corrected chi connectivity index (χ4v) is 6.84. The van der Waals surface area contributed by atoms with Gasteiger partial charge < -0.3 is 10.2 Å². The third-order valence-electron chi connectivity index (χ3n) is 7.56. The maximum Gasteiger partial charge on any atom is 0.115 e. The van der Waals surface area contributed by atoms with Crippen LogP contribution < -0.4 is 0 Å². The summed E-state index contributed by atoms with van der Waals surface area (Å²) < 4.78 is 0. The van der Waals surface area contributed by atoms with Crippen LogP contribution in [0.15, 0.2) is 18.2 Å². The summed E-state index contributed by atoms with van der Waals surface area (Å²) in [5.74, 6) is 3.65. The number of aliphatic hydroxyl groups is 1. The van der Waals surface area contributed by atoms with Crippen molar-refractivity contribution in [2.75, 3.05) is 0 Å². The lowest BCUT2D eigenvalue weighted by Gasteiger charge is -2.55. The van der Waals surface area contributed by atoms with Gasteiger partial charge in [0, 0.05) is 0 Å². The Balaban J connectivity index is 1.80. The topological polar surface area (TPSA) is 40.5 Å². The van der Waals surface area contributed by atoms with Crippen molar-refractivity contribution >= 4 is 0 Å². The van der Waals surface area contributed by atoms with Gasteiger partial charge in [0.2, 0.25) is 0 Å². The molecule has 0 amide bonds. The molecule has 0 unspecified atom stereocenters. The highest BCUT2D eigenvalue weighted by Gasteiger charge is 2.57. The lowest BCUT2D eigenvalue weighted by atomic mass is 9.49. The highest BCUT2D eigenvalue weighted by Crippen LogP contribution is 2.65. The number of aliphatic hydroxyl groups excluding tert-OH is 1. The van der Waals surface area contributed by atoms with E-state index in [-0.39, 0.29) is 6.10 Å². The molecular formula is C21H30O2. The first kappa shape index (κ1) is 15.5. The lowest BCUT2D eigenvalue weighted by molar-refractivity contribution is -0.0152. The van der Waals surface area contributed by atoms with Crippen LogP contribution in [0.5, 0.6) is 5.75 Å². The molecule has 2 nitrogen and oxygen atoms in total. The van der Waals surface area contributed by atoms with Gasteiger partial charge in [0.05, 0.1) is 6.10 Å². The van der Waals surface area contributed by atoms with Gasteiger partial charge in [-0.05, 0) is 83.9 Å². The van der Waals surface area contributed by atoms with Crippen molar-refractivity contribution in [3.05, 3.63) is 29.3 Å². The van der Waals surface area contributed by atoms with Crippen LogP contribution in [0.2, 0.25) is 0 Å². The molecule has 0 saturated heterocycles. The first-order valence-electron chi connectivity index (χ1n) is 9.45. The predicted octanol–water partition coefficient (Wildman–Crippen LogP) is 4.49. The second kappa shape index (κ2) is 5.24. The van der Waals surface area contributed by atoms with Crippen LogP contribution in [-0.2, 0) is 6.42 Å². The predicted molar refractivity (Wildman–Crippen MR) is 92.4 cm³/mol. The smallest absolute Gasteiger partial charge is 0.115 e. The number of aromatic hydroxyl groups is 1. The minimum absolute atomic E-state index is 0.0979. The van der Waals surface area contributed by atoms with Crippen molar-refractivity contribution in [1.82, 2.24) is 0 Å². The van der Waals surface area contributed by atoms with Gasteiger partial charge in [-0.2, -0.15) is 0 Å². The molecule has 1 aromatic rings. The van der Waals surface area contributed by atoms with E-state index in [2.05, 4.69) is 26.8 Å². The minimum Gasteiger partial charge on any atom is -0.508 e. The van der Waals surface area contributed by atoms with Crippen LogP contribution in [0.25, 0.3) is 0 Å². The van der Waals surface area contributed by atoms with E-state index in [0.717, 1.165) is 19.3 Å². The number of rotatable bonds is 1. The van der Waals surface area contributed by atoms with Crippen LogP contribution in [0.3, 0.4) is 0 Å². The third kappa shape index (κ3) is 2.17. The van der Waals surface area contributed by atoms with Gasteiger partial charge in [0.1, 0.15) is 5.75 Å². The van der Waals surface area contributed by atoms with Crippen LogP contribution in [0.4, 0.5) is 0 Å². The van der Waals surface area contributed by atoms with Gasteiger partial charge in [-0.3, -0.25) is 0 Å². The molecule has 1 aromatic carbocycles. The first-order chi connectivity index (χ1) is 10.9. The average Bonchev–Trinajstić information content (AvgIpc) is 2.83. The highest BCUT2D eigenvalue weighted by atomic mass is 16.3. The molecule has 2 saturated carbocycles. The van der Waals surface area contributed by atoms with Crippen LogP contribution >= 0.6 is 0 Å². The van der Waals surface area contributed by atoms with Crippen molar-refractivity contribution in [3.63, 3.8) is 0 Å². The van der Waals surface area contributed by atoms with Crippen molar-refractivity contribution < 1.29 is 10.2 Å². The fraction of sp³-hybridized carbons (Fsp3) is 0.714. The largest absolute Gasteiger partial charge is 0.508 e. The number of hydrogen-bond acceptors (Lipinski definition) is 2. The van der Waals surface area contributed by atoms with E-state index in [0.29, 0.717) is 40.8 Å². The second-order valence-electron chi connectivity index (χ2n) is 8.77. The molecule has 0 aliphatic heterocycles. The standard InChI is InChI=1S/C21H30O2/c1-4-21-10-13(3)19-17-6-5-15(22)8-14(17)7-12(2)20(19)18(21)9-16(23)11-21/h5-6,8,12-13,16,18-20,22-23H,4,7,9-11H2,1-3H3/t12-,13+,16-,18+,19-,20+,21-/m1/s1. The zero-order valence-electron chi connectivity index (χ0n) is 14.6. The van der Waals surface area contributed by atoms with E-state index in [1.165, 1.54) is 24.0 Å². The molecule has 7 atom stereocenters. The molecule has 0 bridgehead atoms. The third-order valence-corrected chi connectivity index (χ3v) is 7.56. The average molecular weight is 314 g/mol. The van der Waals surface area contributed by atoms with Gasteiger partial charge >= 0.3 is 0 Å². The molecule has 4 rings (SSSR count). The maximum atomic E-state index is 10.4. The van der Waals surface area contributed by atoms with Gasteiger partial charge in [-0.25, -0.2) is 0 Å². The summed E-state index contributed by atoms with van der Waals surface area (Å²) in [5, 5.41) is 20.3. The summed E-state index contributed by atoms with van der Waals surface area (Å²) >= 11 is 0. The van der Waals surface area contributed by atoms with Crippen molar-refractivity contribution in [1.29, 1.82) is 0 Å². The van der Waals surface area contributed by atoms with E-state index < -0.39 is 0 Å². The first-order valence-corrected chi connectivity index (χ1v) is 9.45. The Bertz CT molecular complexity index is 610. The molecule has 0 radical (unpaired) electrons. The molecule has 2 fully saturated rings. The van der Waals surface area contributed by atoms with E-state index in [1.807, 2.05) is 12.1 Å². The van der Waals surface area contributed by atoms with Crippen molar-refractivity contribution in [2.45, 2.75) is 64.9 Å². The van der Waals surface area contributed by atoms with E-state index in [1.54, 1.807) is 0 Å². The Morgan fingerprint density at radius 1 is 1.17 bits per heavy atom. The van der Waals surface area contributed by atoms with Crippen LogP contribution in [0, 0.1) is 29.1 Å². The summed E-state index contributed by atoms with van der Waals surface area (Å²) in [6.07, 6.45) is 5.44. The molecule has 3 aliphatic carbocycles. The summed E-state index contributed by atoms with van der Waals surface area (Å²) in [6.45, 7) is 7.15. The SMILES string of the molecule is CC[C@@]12C[C@H](O)C[C@H]1[C@H]1[C@@H](c3ccc(O)cc3C[C@H]1C)[C@@H](C)C2. The summed E-state index contributed by atoms with van der Waals surface area (Å²) in [4.78, 5) is 0. The van der Waals surface area contributed by atoms with Crippen LogP contribution in [0.1, 0.15) is 63.5 Å². The molecule has 0 spiro atoms. The van der Waals surface area contributed by atoms with Crippen LogP contribution in [-0.4, -0.2) is 16.3 Å². The minimum atomic E-state index is -0.0979. The zero-order valence-corrected chi connectivity index (χ0v) is 14.6. The number of hydrogen-bond donors (Lipinski definition) is 2. The van der Waals surface area contributed by atoms with E-state index >= 15 is 0 Å². The molecule has 3 aliphatic rings. The lowest BCUT2D eigenvalue weighted by Crippen LogP contribution is -2.47. The zero-order chi connectivity index (χ0) is 16.4. The molecule has 0 heterocycles. The number of fused-ring (bicyclic) bond motifs is 5. The Hall–Kier alpha value is -1.02. The van der Waals surface area contributed by atoms with Crippen molar-refractivity contribution in [3.8, 4) is 5.75 Å². The highest BCUT2D eigenvalue weighted by molar-refractivity contribution is 5.41. The summed E-state index contributed by atoms with van der Waals surface area (Å²) in [7, 11) is 0. The molecular weight excluding hydrogens is 284 g/mol. The Morgan fingerprint density at radius 3 is 2.70 bits per heavy atom. The Kier molecular flexibility index (Phi) is 3.53. The second-order valence-corrected chi connectivity index (χ2v) is 8.77. The van der Waals surface area contributed by atoms with E-state index in [9.17, 15) is 10.2 Å². The Labute approximate surface area is 139 Å². The number of phenolic OH excluding ortho intramolecular Hbond substituents is 1. The molecule has 23 heavy (non-hydrogen) atoms. The van der Waals surface area contributed by atoms with Gasteiger partial charge in [0.25, 0.3) is 0 Å². The molecule has 126 valence electrons. The van der Waals surface area contributed by atoms with Gasteiger partial charge in [-0.1, -0.05) is 33.3 Å². The number of benzene rings is 1. The fourth-order valence-electron chi connectivity index (χ4n) is 6.84. The monoisotopic (exact) mass is 314 g/mol.